The van der Waals surface area contributed by atoms with Crippen LogP contribution >= 0.6 is 0 Å². The summed E-state index contributed by atoms with van der Waals surface area (Å²) in [6, 6.07) is 0.237. The number of morpholine rings is 1. The molecule has 0 aromatic rings. The lowest BCUT2D eigenvalue weighted by Gasteiger charge is -2.37. The van der Waals surface area contributed by atoms with Gasteiger partial charge in [0.25, 0.3) is 0 Å². The highest BCUT2D eigenvalue weighted by Crippen LogP contribution is 2.11. The van der Waals surface area contributed by atoms with Crippen LogP contribution in [0.5, 0.6) is 0 Å². The summed E-state index contributed by atoms with van der Waals surface area (Å²) in [6.45, 7) is 3.77. The fourth-order valence-corrected chi connectivity index (χ4v) is 1.65. The van der Waals surface area contributed by atoms with Crippen LogP contribution in [0.3, 0.4) is 0 Å². The molecule has 1 heterocycles. The van der Waals surface area contributed by atoms with Gasteiger partial charge in [0.2, 0.25) is 0 Å². The van der Waals surface area contributed by atoms with E-state index in [9.17, 15) is 4.79 Å². The molecule has 0 saturated carbocycles. The maximum Gasteiger partial charge on any atom is 0.327 e. The quantitative estimate of drug-likeness (QED) is 0.388. The average molecular weight is 233 g/mol. The first-order valence-electron chi connectivity index (χ1n) is 5.29. The van der Waals surface area contributed by atoms with Gasteiger partial charge in [-0.25, -0.2) is 5.84 Å². The van der Waals surface area contributed by atoms with Gasteiger partial charge in [0, 0.05) is 19.1 Å². The van der Waals surface area contributed by atoms with Crippen LogP contribution in [0.2, 0.25) is 0 Å². The van der Waals surface area contributed by atoms with Crippen molar-refractivity contribution in [3.8, 4) is 0 Å². The number of hydrogen-bond acceptors (Lipinski definition) is 7. The van der Waals surface area contributed by atoms with Crippen molar-refractivity contribution in [2.45, 2.75) is 25.5 Å². The highest BCUT2D eigenvalue weighted by molar-refractivity contribution is 5.69. The summed E-state index contributed by atoms with van der Waals surface area (Å²) in [5.74, 6) is 4.45. The zero-order chi connectivity index (χ0) is 12.0. The van der Waals surface area contributed by atoms with Crippen molar-refractivity contribution >= 4 is 5.97 Å². The molecule has 2 unspecified atom stereocenters. The third-order valence-electron chi connectivity index (χ3n) is 2.61. The third-order valence-corrected chi connectivity index (χ3v) is 2.61. The van der Waals surface area contributed by atoms with E-state index in [0.717, 1.165) is 0 Å². The van der Waals surface area contributed by atoms with Gasteiger partial charge < -0.3 is 14.7 Å². The number of nitrogens with one attached hydrogen (secondary N) is 1. The molecule has 1 saturated heterocycles. The minimum atomic E-state index is -0.401. The molecule has 7 heteroatoms. The molecular formula is C9H19N3O4. The Morgan fingerprint density at radius 2 is 2.50 bits per heavy atom. The number of hydrazine groups is 1. The van der Waals surface area contributed by atoms with Crippen LogP contribution in [0.25, 0.3) is 0 Å². The number of nitrogens with zero attached hydrogens (tertiary/aromatic N) is 1. The van der Waals surface area contributed by atoms with Crippen molar-refractivity contribution in [1.29, 1.82) is 0 Å². The van der Waals surface area contributed by atoms with Crippen LogP contribution in [0.1, 0.15) is 13.3 Å². The maximum atomic E-state index is 11.1. The lowest BCUT2D eigenvalue weighted by atomic mass is 10.2. The molecule has 94 valence electrons. The van der Waals surface area contributed by atoms with E-state index in [-0.39, 0.29) is 25.2 Å². The average Bonchev–Trinajstić information content (AvgIpc) is 2.28. The number of carbonyl (C=O) groups is 1. The van der Waals surface area contributed by atoms with Crippen LogP contribution in [0.4, 0.5) is 0 Å². The first kappa shape index (κ1) is 13.3. The second-order valence-electron chi connectivity index (χ2n) is 3.82. The second-order valence-corrected chi connectivity index (χ2v) is 3.82. The van der Waals surface area contributed by atoms with Gasteiger partial charge >= 0.3 is 5.97 Å². The Morgan fingerprint density at radius 1 is 1.75 bits per heavy atom. The van der Waals surface area contributed by atoms with Crippen molar-refractivity contribution in [3.63, 3.8) is 0 Å². The molecule has 0 aromatic heterocycles. The number of ether oxygens (including phenoxy) is 1. The summed E-state index contributed by atoms with van der Waals surface area (Å²) in [4.78, 5) is 17.6. The van der Waals surface area contributed by atoms with E-state index in [1.54, 1.807) is 0 Å². The van der Waals surface area contributed by atoms with Crippen LogP contribution in [0.15, 0.2) is 0 Å². The predicted octanol–water partition coefficient (Wildman–Crippen LogP) is -1.62. The number of aliphatic hydroxyl groups excluding tert-OH is 1. The molecule has 0 aliphatic carbocycles. The smallest absolute Gasteiger partial charge is 0.327 e. The topological polar surface area (TPSA) is 97.0 Å². The first-order chi connectivity index (χ1) is 7.67. The zero-order valence-electron chi connectivity index (χ0n) is 9.39. The zero-order valence-corrected chi connectivity index (χ0v) is 9.39. The minimum absolute atomic E-state index is 0.00196. The molecular weight excluding hydrogens is 214 g/mol. The molecule has 0 bridgehead atoms. The summed E-state index contributed by atoms with van der Waals surface area (Å²) in [5.41, 5.74) is 1.85. The van der Waals surface area contributed by atoms with Crippen LogP contribution in [-0.4, -0.2) is 54.4 Å². The van der Waals surface area contributed by atoms with Crippen LogP contribution in [-0.2, 0) is 14.4 Å². The number of carbonyl (C=O) groups excluding carboxylic acids is 1. The molecule has 16 heavy (non-hydrogen) atoms. The fraction of sp³-hybridized carbons (Fsp3) is 0.889. The Balaban J connectivity index is 2.30. The minimum Gasteiger partial charge on any atom is -0.394 e. The summed E-state index contributed by atoms with van der Waals surface area (Å²) < 4.78 is 5.38. The third kappa shape index (κ3) is 4.03. The molecule has 1 rings (SSSR count). The molecule has 7 nitrogen and oxygen atoms in total. The van der Waals surface area contributed by atoms with Crippen molar-refractivity contribution in [2.75, 3.05) is 26.3 Å². The van der Waals surface area contributed by atoms with E-state index in [0.29, 0.717) is 19.7 Å². The molecule has 2 atom stereocenters. The summed E-state index contributed by atoms with van der Waals surface area (Å²) in [6.07, 6.45) is 0.0898. The SMILES string of the molecule is CC1COC(CO)CN1CCC(=O)ONN. The predicted molar refractivity (Wildman–Crippen MR) is 55.9 cm³/mol. The lowest BCUT2D eigenvalue weighted by molar-refractivity contribution is -0.152. The van der Waals surface area contributed by atoms with Crippen LogP contribution < -0.4 is 11.4 Å². The standard InChI is InChI=1S/C9H19N3O4/c1-7-6-15-8(5-13)4-12(7)3-2-9(14)16-11-10/h7-8,11,13H,2-6,10H2,1H3. The maximum absolute atomic E-state index is 11.1. The number of hydrogen-bond donors (Lipinski definition) is 3. The first-order valence-corrected chi connectivity index (χ1v) is 5.29. The molecule has 0 aromatic carbocycles. The van der Waals surface area contributed by atoms with Gasteiger partial charge in [0.05, 0.1) is 25.7 Å². The van der Waals surface area contributed by atoms with Gasteiger partial charge in [-0.2, -0.15) is 0 Å². The van der Waals surface area contributed by atoms with Gasteiger partial charge in [0.15, 0.2) is 0 Å². The van der Waals surface area contributed by atoms with E-state index >= 15 is 0 Å². The molecule has 1 fully saturated rings. The van der Waals surface area contributed by atoms with Gasteiger partial charge in [-0.05, 0) is 6.92 Å². The molecule has 4 N–H and O–H groups in total. The van der Waals surface area contributed by atoms with Gasteiger partial charge in [-0.3, -0.25) is 9.69 Å². The summed E-state index contributed by atoms with van der Waals surface area (Å²) in [7, 11) is 0. The van der Waals surface area contributed by atoms with E-state index in [1.165, 1.54) is 0 Å². The summed E-state index contributed by atoms with van der Waals surface area (Å²) >= 11 is 0. The monoisotopic (exact) mass is 233 g/mol. The molecule has 1 aliphatic heterocycles. The van der Waals surface area contributed by atoms with E-state index in [1.807, 2.05) is 12.5 Å². The Hall–Kier alpha value is -0.730. The molecule has 0 radical (unpaired) electrons. The fourth-order valence-electron chi connectivity index (χ4n) is 1.65. The highest BCUT2D eigenvalue weighted by atomic mass is 16.7. The molecule has 0 amide bonds. The largest absolute Gasteiger partial charge is 0.394 e. The Labute approximate surface area is 94.4 Å². The van der Waals surface area contributed by atoms with Crippen molar-refractivity contribution in [3.05, 3.63) is 0 Å². The lowest BCUT2D eigenvalue weighted by Crippen LogP contribution is -2.50. The van der Waals surface area contributed by atoms with Crippen LogP contribution in [0, 0.1) is 0 Å². The van der Waals surface area contributed by atoms with Gasteiger partial charge in [-0.1, -0.05) is 5.59 Å². The van der Waals surface area contributed by atoms with Crippen molar-refractivity contribution in [1.82, 2.24) is 10.5 Å². The second kappa shape index (κ2) is 6.77. The number of nitrogens with two attached hydrogens (primary N) is 1. The van der Waals surface area contributed by atoms with Gasteiger partial charge in [0.1, 0.15) is 0 Å². The van der Waals surface area contributed by atoms with Crippen molar-refractivity contribution in [2.24, 2.45) is 5.84 Å². The summed E-state index contributed by atoms with van der Waals surface area (Å²) in [5, 5.41) is 8.99. The van der Waals surface area contributed by atoms with E-state index in [4.69, 9.17) is 15.7 Å². The highest BCUT2D eigenvalue weighted by Gasteiger charge is 2.25. The van der Waals surface area contributed by atoms with E-state index in [2.05, 4.69) is 9.74 Å². The van der Waals surface area contributed by atoms with Crippen molar-refractivity contribution < 1.29 is 19.5 Å². The Bertz CT molecular complexity index is 227. The molecule has 0 spiro atoms. The number of aliphatic hydroxyl groups is 1. The Kier molecular flexibility index (Phi) is 5.64. The number of rotatable bonds is 5. The molecule has 1 aliphatic rings. The van der Waals surface area contributed by atoms with E-state index < -0.39 is 5.97 Å². The Morgan fingerprint density at radius 3 is 3.12 bits per heavy atom. The normalized spacial score (nSPS) is 26.7. The van der Waals surface area contributed by atoms with Gasteiger partial charge in [-0.15, -0.1) is 0 Å².